The Hall–Kier alpha value is -1.75. The molecule has 0 saturated carbocycles. The lowest BCUT2D eigenvalue weighted by atomic mass is 9.84. The van der Waals surface area contributed by atoms with Crippen molar-refractivity contribution in [3.8, 4) is 11.5 Å². The number of rotatable bonds is 5. The minimum absolute atomic E-state index is 0.0391. The molecule has 1 aromatic rings. The van der Waals surface area contributed by atoms with Gasteiger partial charge in [-0.15, -0.1) is 0 Å². The number of esters is 1. The highest BCUT2D eigenvalue weighted by atomic mass is 16.5. The lowest BCUT2D eigenvalue weighted by molar-refractivity contribution is -0.142. The number of ether oxygens (including phenoxy) is 1. The van der Waals surface area contributed by atoms with Gasteiger partial charge in [-0.2, -0.15) is 0 Å². The van der Waals surface area contributed by atoms with Crippen molar-refractivity contribution in [3.05, 3.63) is 23.8 Å². The first-order valence-corrected chi connectivity index (χ1v) is 6.22. The van der Waals surface area contributed by atoms with Gasteiger partial charge in [-0.25, -0.2) is 0 Å². The van der Waals surface area contributed by atoms with Crippen molar-refractivity contribution >= 4 is 5.97 Å². The molecule has 0 aliphatic carbocycles. The van der Waals surface area contributed by atoms with Gasteiger partial charge in [-0.05, 0) is 24.3 Å². The summed E-state index contributed by atoms with van der Waals surface area (Å²) in [6, 6.07) is 4.17. The molecule has 0 aliphatic rings. The number of phenols is 2. The van der Waals surface area contributed by atoms with Gasteiger partial charge in [-0.3, -0.25) is 4.79 Å². The molecule has 1 rings (SSSR count). The summed E-state index contributed by atoms with van der Waals surface area (Å²) in [6.07, 6.45) is 0.447. The van der Waals surface area contributed by atoms with Gasteiger partial charge in [0.25, 0.3) is 0 Å². The zero-order chi connectivity index (χ0) is 14.6. The Morgan fingerprint density at radius 1 is 1.37 bits per heavy atom. The SMILES string of the molecule is COC(=O)C(N)CC(C)C(C)c1cccc(O)c1O. The van der Waals surface area contributed by atoms with Crippen LogP contribution in [0.5, 0.6) is 11.5 Å². The Morgan fingerprint density at radius 2 is 2.00 bits per heavy atom. The topological polar surface area (TPSA) is 92.8 Å². The summed E-state index contributed by atoms with van der Waals surface area (Å²) in [5, 5.41) is 19.3. The first-order chi connectivity index (χ1) is 8.88. The van der Waals surface area contributed by atoms with Crippen molar-refractivity contribution in [2.24, 2.45) is 11.7 Å². The predicted octanol–water partition coefficient (Wildman–Crippen LogP) is 1.73. The molecule has 106 valence electrons. The predicted molar refractivity (Wildman–Crippen MR) is 72.0 cm³/mol. The molecule has 1 aromatic carbocycles. The monoisotopic (exact) mass is 267 g/mol. The summed E-state index contributed by atoms with van der Waals surface area (Å²) in [4.78, 5) is 11.3. The number of hydrogen-bond acceptors (Lipinski definition) is 5. The molecule has 0 amide bonds. The fourth-order valence-corrected chi connectivity index (χ4v) is 2.07. The van der Waals surface area contributed by atoms with Gasteiger partial charge in [0.05, 0.1) is 7.11 Å². The van der Waals surface area contributed by atoms with Crippen LogP contribution in [0.4, 0.5) is 0 Å². The van der Waals surface area contributed by atoms with E-state index in [1.54, 1.807) is 12.1 Å². The molecule has 0 aliphatic heterocycles. The van der Waals surface area contributed by atoms with Crippen LogP contribution in [0.25, 0.3) is 0 Å². The zero-order valence-electron chi connectivity index (χ0n) is 11.5. The number of aromatic hydroxyl groups is 2. The molecular formula is C14H21NO4. The van der Waals surface area contributed by atoms with E-state index in [1.807, 2.05) is 13.8 Å². The van der Waals surface area contributed by atoms with Crippen LogP contribution in [-0.2, 0) is 9.53 Å². The minimum atomic E-state index is -0.679. The van der Waals surface area contributed by atoms with Crippen molar-refractivity contribution in [1.29, 1.82) is 0 Å². The molecule has 4 N–H and O–H groups in total. The lowest BCUT2D eigenvalue weighted by Gasteiger charge is -2.23. The molecule has 5 heteroatoms. The van der Waals surface area contributed by atoms with Crippen LogP contribution in [0.2, 0.25) is 0 Å². The molecular weight excluding hydrogens is 246 g/mol. The highest BCUT2D eigenvalue weighted by molar-refractivity contribution is 5.75. The van der Waals surface area contributed by atoms with E-state index in [0.29, 0.717) is 12.0 Å². The molecule has 0 aromatic heterocycles. The molecule has 0 heterocycles. The van der Waals surface area contributed by atoms with E-state index in [2.05, 4.69) is 4.74 Å². The Balaban J connectivity index is 2.79. The maximum absolute atomic E-state index is 11.3. The van der Waals surface area contributed by atoms with E-state index >= 15 is 0 Å². The van der Waals surface area contributed by atoms with Gasteiger partial charge in [-0.1, -0.05) is 26.0 Å². The zero-order valence-corrected chi connectivity index (χ0v) is 11.5. The highest BCUT2D eigenvalue weighted by Gasteiger charge is 2.24. The fourth-order valence-electron chi connectivity index (χ4n) is 2.07. The van der Waals surface area contributed by atoms with Crippen molar-refractivity contribution in [3.63, 3.8) is 0 Å². The molecule has 19 heavy (non-hydrogen) atoms. The minimum Gasteiger partial charge on any atom is -0.504 e. The van der Waals surface area contributed by atoms with Crippen molar-refractivity contribution in [2.75, 3.05) is 7.11 Å². The maximum atomic E-state index is 11.3. The Kier molecular flexibility index (Phi) is 5.18. The van der Waals surface area contributed by atoms with Crippen LogP contribution in [0.1, 0.15) is 31.7 Å². The van der Waals surface area contributed by atoms with Crippen LogP contribution >= 0.6 is 0 Å². The van der Waals surface area contributed by atoms with Crippen LogP contribution in [0.15, 0.2) is 18.2 Å². The highest BCUT2D eigenvalue weighted by Crippen LogP contribution is 2.37. The van der Waals surface area contributed by atoms with Gasteiger partial charge >= 0.3 is 5.97 Å². The number of methoxy groups -OCH3 is 1. The summed E-state index contributed by atoms with van der Waals surface area (Å²) >= 11 is 0. The van der Waals surface area contributed by atoms with Gasteiger partial charge in [0.15, 0.2) is 11.5 Å². The Labute approximate surface area is 113 Å². The molecule has 5 nitrogen and oxygen atoms in total. The van der Waals surface area contributed by atoms with Gasteiger partial charge in [0.1, 0.15) is 6.04 Å². The maximum Gasteiger partial charge on any atom is 0.322 e. The van der Waals surface area contributed by atoms with Gasteiger partial charge in [0.2, 0.25) is 0 Å². The van der Waals surface area contributed by atoms with Crippen LogP contribution in [0, 0.1) is 5.92 Å². The fraction of sp³-hybridized carbons (Fsp3) is 0.500. The normalized spacial score (nSPS) is 15.6. The quantitative estimate of drug-likeness (QED) is 0.558. The first kappa shape index (κ1) is 15.3. The summed E-state index contributed by atoms with van der Waals surface area (Å²) in [6.45, 7) is 3.86. The average molecular weight is 267 g/mol. The second-order valence-corrected chi connectivity index (χ2v) is 4.85. The Bertz CT molecular complexity index is 447. The third-order valence-corrected chi connectivity index (χ3v) is 3.52. The standard InChI is InChI=1S/C14H21NO4/c1-8(7-11(15)14(18)19-3)9(2)10-5-4-6-12(16)13(10)17/h4-6,8-9,11,16-17H,7,15H2,1-3H3. The second-order valence-electron chi connectivity index (χ2n) is 4.85. The van der Waals surface area contributed by atoms with E-state index in [9.17, 15) is 15.0 Å². The van der Waals surface area contributed by atoms with E-state index in [0.717, 1.165) is 0 Å². The Morgan fingerprint density at radius 3 is 2.58 bits per heavy atom. The molecule has 3 atom stereocenters. The summed E-state index contributed by atoms with van der Waals surface area (Å²) in [5.74, 6) is -0.689. The van der Waals surface area contributed by atoms with Gasteiger partial charge < -0.3 is 20.7 Å². The number of phenolic OH excluding ortho intramolecular Hbond substituents is 2. The third-order valence-electron chi connectivity index (χ3n) is 3.52. The summed E-state index contributed by atoms with van der Waals surface area (Å²) in [7, 11) is 1.30. The molecule has 0 spiro atoms. The second kappa shape index (κ2) is 6.43. The third kappa shape index (κ3) is 3.61. The number of carbonyl (C=O) groups excluding carboxylic acids is 1. The number of para-hydroxylation sites is 1. The molecule has 3 unspecified atom stereocenters. The van der Waals surface area contributed by atoms with E-state index in [4.69, 9.17) is 5.73 Å². The number of nitrogens with two attached hydrogens (primary N) is 1. The van der Waals surface area contributed by atoms with Crippen LogP contribution in [0.3, 0.4) is 0 Å². The van der Waals surface area contributed by atoms with Crippen molar-refractivity contribution in [2.45, 2.75) is 32.2 Å². The van der Waals surface area contributed by atoms with Gasteiger partial charge in [0, 0.05) is 5.56 Å². The van der Waals surface area contributed by atoms with E-state index < -0.39 is 12.0 Å². The number of benzene rings is 1. The number of hydrogen-bond donors (Lipinski definition) is 3. The van der Waals surface area contributed by atoms with Crippen LogP contribution in [-0.4, -0.2) is 29.3 Å². The molecule has 0 radical (unpaired) electrons. The van der Waals surface area contributed by atoms with Crippen LogP contribution < -0.4 is 5.73 Å². The lowest BCUT2D eigenvalue weighted by Crippen LogP contribution is -2.34. The largest absolute Gasteiger partial charge is 0.504 e. The van der Waals surface area contributed by atoms with Crippen molar-refractivity contribution < 1.29 is 19.7 Å². The summed E-state index contributed by atoms with van der Waals surface area (Å²) in [5.41, 5.74) is 6.37. The molecule has 0 bridgehead atoms. The number of carbonyl (C=O) groups is 1. The smallest absolute Gasteiger partial charge is 0.322 e. The summed E-state index contributed by atoms with van der Waals surface area (Å²) < 4.78 is 4.59. The molecule has 0 saturated heterocycles. The van der Waals surface area contributed by atoms with E-state index in [-0.39, 0.29) is 23.3 Å². The average Bonchev–Trinajstić information content (AvgIpc) is 2.39. The van der Waals surface area contributed by atoms with E-state index in [1.165, 1.54) is 13.2 Å². The first-order valence-electron chi connectivity index (χ1n) is 6.22. The molecule has 0 fully saturated rings. The van der Waals surface area contributed by atoms with Crippen molar-refractivity contribution in [1.82, 2.24) is 0 Å².